The quantitative estimate of drug-likeness (QED) is 0.813. The van der Waals surface area contributed by atoms with Crippen molar-refractivity contribution in [1.29, 1.82) is 0 Å². The summed E-state index contributed by atoms with van der Waals surface area (Å²) in [6.45, 7) is 8.98. The first-order valence-corrected chi connectivity index (χ1v) is 8.83. The van der Waals surface area contributed by atoms with Gasteiger partial charge >= 0.3 is 6.09 Å². The lowest BCUT2D eigenvalue weighted by Gasteiger charge is -2.27. The topological polar surface area (TPSA) is 78.9 Å². The third-order valence-electron chi connectivity index (χ3n) is 3.76. The fourth-order valence-electron chi connectivity index (χ4n) is 2.62. The highest BCUT2D eigenvalue weighted by molar-refractivity contribution is 6.00. The van der Waals surface area contributed by atoms with E-state index >= 15 is 0 Å². The minimum Gasteiger partial charge on any atom is -0.508 e. The number of benzene rings is 1. The Morgan fingerprint density at radius 3 is 2.41 bits per heavy atom. The van der Waals surface area contributed by atoms with Crippen LogP contribution in [0.15, 0.2) is 66.1 Å². The van der Waals surface area contributed by atoms with E-state index in [-0.39, 0.29) is 12.3 Å². The fraction of sp³-hybridized carbons (Fsp3) is 0.333. The molecule has 144 valence electrons. The summed E-state index contributed by atoms with van der Waals surface area (Å²) in [5.74, 6) is -0.295. The van der Waals surface area contributed by atoms with Crippen molar-refractivity contribution in [2.75, 3.05) is 11.4 Å². The van der Waals surface area contributed by atoms with E-state index in [9.17, 15) is 14.7 Å². The van der Waals surface area contributed by atoms with Crippen LogP contribution in [0, 0.1) is 0 Å². The minimum absolute atomic E-state index is 0.0973. The predicted octanol–water partition coefficient (Wildman–Crippen LogP) is 4.22. The molecular formula is C21H26N2O4. The molecule has 0 aromatic heterocycles. The van der Waals surface area contributed by atoms with Crippen molar-refractivity contribution in [3.63, 3.8) is 0 Å². The fourth-order valence-corrected chi connectivity index (χ4v) is 2.62. The molecule has 6 heteroatoms. The first-order chi connectivity index (χ1) is 12.7. The summed E-state index contributed by atoms with van der Waals surface area (Å²) in [5.41, 5.74) is 0.804. The van der Waals surface area contributed by atoms with E-state index in [4.69, 9.17) is 4.74 Å². The summed E-state index contributed by atoms with van der Waals surface area (Å²) < 4.78 is 5.16. The number of aliphatic hydroxyl groups excluding tert-OH is 1. The van der Waals surface area contributed by atoms with Gasteiger partial charge in [-0.25, -0.2) is 4.79 Å². The molecule has 2 amide bonds. The lowest BCUT2D eigenvalue weighted by atomic mass is 10.0. The average molecular weight is 370 g/mol. The van der Waals surface area contributed by atoms with Gasteiger partial charge in [-0.2, -0.15) is 0 Å². The molecular weight excluding hydrogens is 344 g/mol. The van der Waals surface area contributed by atoms with Crippen molar-refractivity contribution in [3.05, 3.63) is 66.1 Å². The van der Waals surface area contributed by atoms with Crippen molar-refractivity contribution < 1.29 is 19.4 Å². The number of amides is 2. The van der Waals surface area contributed by atoms with Crippen LogP contribution in [0.5, 0.6) is 0 Å². The van der Waals surface area contributed by atoms with Gasteiger partial charge in [0.05, 0.1) is 5.70 Å². The van der Waals surface area contributed by atoms with Crippen LogP contribution in [0.25, 0.3) is 0 Å². The molecule has 0 aliphatic heterocycles. The van der Waals surface area contributed by atoms with Crippen molar-refractivity contribution in [1.82, 2.24) is 5.32 Å². The van der Waals surface area contributed by atoms with E-state index in [1.54, 1.807) is 51.1 Å². The number of hydrogen-bond donors (Lipinski definition) is 2. The summed E-state index contributed by atoms with van der Waals surface area (Å²) in [4.78, 5) is 26.1. The number of para-hydroxylation sites is 1. The van der Waals surface area contributed by atoms with Crippen molar-refractivity contribution in [2.24, 2.45) is 0 Å². The van der Waals surface area contributed by atoms with Gasteiger partial charge in [0.25, 0.3) is 5.91 Å². The number of anilines is 1. The maximum atomic E-state index is 12.9. The van der Waals surface area contributed by atoms with Crippen molar-refractivity contribution in [2.45, 2.75) is 39.2 Å². The highest BCUT2D eigenvalue weighted by Crippen LogP contribution is 2.29. The second kappa shape index (κ2) is 8.58. The van der Waals surface area contributed by atoms with Crippen LogP contribution in [0.3, 0.4) is 0 Å². The van der Waals surface area contributed by atoms with Gasteiger partial charge in [-0.3, -0.25) is 9.69 Å². The SMILES string of the molecule is C=C(C1=CCCC=C1O)N(C(=O)CNC(=O)OC(C)(C)C)c1ccccc1. The number of carbonyl (C=O) groups excluding carboxylic acids is 2. The van der Waals surface area contributed by atoms with Gasteiger partial charge in [-0.1, -0.05) is 30.9 Å². The number of ether oxygens (including phenoxy) is 1. The molecule has 0 saturated carbocycles. The zero-order chi connectivity index (χ0) is 20.0. The number of carbonyl (C=O) groups is 2. The lowest BCUT2D eigenvalue weighted by Crippen LogP contribution is -2.42. The molecule has 0 spiro atoms. The zero-order valence-electron chi connectivity index (χ0n) is 16.0. The Morgan fingerprint density at radius 2 is 1.81 bits per heavy atom. The molecule has 0 heterocycles. The summed E-state index contributed by atoms with van der Waals surface area (Å²) in [6.07, 6.45) is 4.37. The molecule has 6 nitrogen and oxygen atoms in total. The Hall–Kier alpha value is -3.02. The van der Waals surface area contributed by atoms with Crippen LogP contribution in [0.2, 0.25) is 0 Å². The molecule has 1 aromatic carbocycles. The summed E-state index contributed by atoms with van der Waals surface area (Å²) in [7, 11) is 0. The third kappa shape index (κ3) is 5.74. The molecule has 1 aliphatic rings. The molecule has 0 unspecified atom stereocenters. The monoisotopic (exact) mass is 370 g/mol. The molecule has 2 rings (SSSR count). The van der Waals surface area contributed by atoms with Crippen LogP contribution in [0.4, 0.5) is 10.5 Å². The number of rotatable bonds is 5. The van der Waals surface area contributed by atoms with Gasteiger partial charge in [0.1, 0.15) is 17.9 Å². The Kier molecular flexibility index (Phi) is 6.45. The molecule has 0 fully saturated rings. The van der Waals surface area contributed by atoms with Crippen LogP contribution < -0.4 is 10.2 Å². The second-order valence-corrected chi connectivity index (χ2v) is 7.15. The average Bonchev–Trinajstić information content (AvgIpc) is 2.60. The van der Waals surface area contributed by atoms with E-state index in [0.717, 1.165) is 12.8 Å². The van der Waals surface area contributed by atoms with Gasteiger partial charge < -0.3 is 15.2 Å². The van der Waals surface area contributed by atoms with Crippen LogP contribution >= 0.6 is 0 Å². The lowest BCUT2D eigenvalue weighted by molar-refractivity contribution is -0.117. The molecule has 0 radical (unpaired) electrons. The Labute approximate surface area is 159 Å². The van der Waals surface area contributed by atoms with Crippen molar-refractivity contribution >= 4 is 17.7 Å². The molecule has 1 aromatic rings. The van der Waals surface area contributed by atoms with Gasteiger partial charge in [-0.05, 0) is 51.8 Å². The molecule has 2 N–H and O–H groups in total. The number of hydrogen-bond acceptors (Lipinski definition) is 4. The largest absolute Gasteiger partial charge is 0.508 e. The number of allylic oxidation sites excluding steroid dienone is 2. The third-order valence-corrected chi connectivity index (χ3v) is 3.76. The van der Waals surface area contributed by atoms with Crippen LogP contribution in [-0.2, 0) is 9.53 Å². The van der Waals surface area contributed by atoms with Crippen molar-refractivity contribution in [3.8, 4) is 0 Å². The normalized spacial score (nSPS) is 13.9. The summed E-state index contributed by atoms with van der Waals surface area (Å²) in [5, 5.41) is 12.6. The smallest absolute Gasteiger partial charge is 0.408 e. The number of alkyl carbamates (subject to hydrolysis) is 1. The van der Waals surface area contributed by atoms with E-state index in [0.29, 0.717) is 17.0 Å². The second-order valence-electron chi connectivity index (χ2n) is 7.15. The van der Waals surface area contributed by atoms with Gasteiger partial charge in [0.2, 0.25) is 0 Å². The number of nitrogens with one attached hydrogen (secondary N) is 1. The Balaban J connectivity index is 2.19. The summed E-state index contributed by atoms with van der Waals surface area (Å²) >= 11 is 0. The van der Waals surface area contributed by atoms with Crippen LogP contribution in [-0.4, -0.2) is 29.3 Å². The zero-order valence-corrected chi connectivity index (χ0v) is 16.0. The maximum Gasteiger partial charge on any atom is 0.408 e. The minimum atomic E-state index is -0.672. The van der Waals surface area contributed by atoms with E-state index < -0.39 is 17.6 Å². The van der Waals surface area contributed by atoms with E-state index in [2.05, 4.69) is 11.9 Å². The molecule has 0 saturated heterocycles. The Bertz CT molecular complexity index is 773. The standard InChI is InChI=1S/C21H26N2O4/c1-15(17-12-8-9-13-18(17)24)23(16-10-6-5-7-11-16)19(25)14-22-20(26)27-21(2,3)4/h5-7,10-13,24H,1,8-9,14H2,2-4H3,(H,22,26). The van der Waals surface area contributed by atoms with Gasteiger partial charge in [-0.15, -0.1) is 0 Å². The first kappa shape index (κ1) is 20.3. The maximum absolute atomic E-state index is 12.9. The molecule has 0 bridgehead atoms. The molecule has 1 aliphatic carbocycles. The number of nitrogens with zero attached hydrogens (tertiary/aromatic N) is 1. The first-order valence-electron chi connectivity index (χ1n) is 8.83. The summed E-state index contributed by atoms with van der Waals surface area (Å²) in [6, 6.07) is 8.97. The molecule has 27 heavy (non-hydrogen) atoms. The van der Waals surface area contributed by atoms with Crippen LogP contribution in [0.1, 0.15) is 33.6 Å². The Morgan fingerprint density at radius 1 is 1.19 bits per heavy atom. The highest BCUT2D eigenvalue weighted by Gasteiger charge is 2.25. The predicted molar refractivity (Wildman–Crippen MR) is 105 cm³/mol. The van der Waals surface area contributed by atoms with E-state index in [1.165, 1.54) is 4.90 Å². The van der Waals surface area contributed by atoms with Gasteiger partial charge in [0.15, 0.2) is 0 Å². The molecule has 0 atom stereocenters. The van der Waals surface area contributed by atoms with Gasteiger partial charge in [0, 0.05) is 11.3 Å². The number of aliphatic hydroxyl groups is 1. The van der Waals surface area contributed by atoms with E-state index in [1.807, 2.05) is 12.1 Å². The highest BCUT2D eigenvalue weighted by atomic mass is 16.6.